The van der Waals surface area contributed by atoms with Crippen LogP contribution in [-0.4, -0.2) is 34.4 Å². The summed E-state index contributed by atoms with van der Waals surface area (Å²) in [6.45, 7) is 0. The minimum Gasteiger partial charge on any atom is -0.481 e. The fourth-order valence-electron chi connectivity index (χ4n) is 4.44. The quantitative estimate of drug-likeness (QED) is 0.710. The van der Waals surface area contributed by atoms with E-state index >= 15 is 0 Å². The molecule has 4 heteroatoms. The molecule has 6 unspecified atom stereocenters. The van der Waals surface area contributed by atoms with Crippen LogP contribution in [0, 0.1) is 17.8 Å². The number of carboxylic acid groups (broad SMARTS) is 1. The van der Waals surface area contributed by atoms with Gasteiger partial charge in [0, 0.05) is 12.1 Å². The van der Waals surface area contributed by atoms with Crippen LogP contribution in [0.3, 0.4) is 0 Å². The molecule has 3 rings (SSSR count). The van der Waals surface area contributed by atoms with Gasteiger partial charge in [-0.05, 0) is 43.9 Å². The van der Waals surface area contributed by atoms with E-state index in [0.29, 0.717) is 11.8 Å². The Bertz CT molecular complexity index is 333. The maximum Gasteiger partial charge on any atom is 0.308 e. The summed E-state index contributed by atoms with van der Waals surface area (Å²) in [6.07, 6.45) is 7.11. The molecule has 18 heavy (non-hydrogen) atoms. The van der Waals surface area contributed by atoms with Crippen LogP contribution < -0.4 is 5.32 Å². The lowest BCUT2D eigenvalue weighted by Gasteiger charge is -2.36. The molecule has 0 saturated heterocycles. The van der Waals surface area contributed by atoms with E-state index in [1.165, 1.54) is 0 Å². The van der Waals surface area contributed by atoms with Gasteiger partial charge < -0.3 is 15.5 Å². The molecule has 3 saturated carbocycles. The van der Waals surface area contributed by atoms with Gasteiger partial charge in [-0.3, -0.25) is 4.79 Å². The second kappa shape index (κ2) is 4.82. The van der Waals surface area contributed by atoms with E-state index in [0.717, 1.165) is 44.9 Å². The van der Waals surface area contributed by atoms with Gasteiger partial charge in [0.05, 0.1) is 12.0 Å². The fourth-order valence-corrected chi connectivity index (χ4v) is 4.44. The first kappa shape index (κ1) is 12.4. The average molecular weight is 253 g/mol. The summed E-state index contributed by atoms with van der Waals surface area (Å²) >= 11 is 0. The highest BCUT2D eigenvalue weighted by Gasteiger charge is 2.51. The maximum atomic E-state index is 11.4. The first-order valence-corrected chi connectivity index (χ1v) is 7.33. The monoisotopic (exact) mass is 253 g/mol. The third-order valence-electron chi connectivity index (χ3n) is 5.34. The number of hydrogen-bond donors (Lipinski definition) is 3. The van der Waals surface area contributed by atoms with E-state index in [9.17, 15) is 15.0 Å². The van der Waals surface area contributed by atoms with Crippen molar-refractivity contribution in [3.8, 4) is 0 Å². The van der Waals surface area contributed by atoms with Gasteiger partial charge in [-0.2, -0.15) is 0 Å². The third kappa shape index (κ3) is 2.05. The first-order valence-electron chi connectivity index (χ1n) is 7.33. The maximum absolute atomic E-state index is 11.4. The summed E-state index contributed by atoms with van der Waals surface area (Å²) in [6, 6.07) is 0.212. The van der Waals surface area contributed by atoms with E-state index in [2.05, 4.69) is 5.32 Å². The molecule has 0 radical (unpaired) electrons. The van der Waals surface area contributed by atoms with Gasteiger partial charge in [-0.25, -0.2) is 0 Å². The number of hydrogen-bond acceptors (Lipinski definition) is 3. The normalized spacial score (nSPS) is 47.4. The number of nitrogens with one attached hydrogen (secondary N) is 1. The molecule has 0 heterocycles. The summed E-state index contributed by atoms with van der Waals surface area (Å²) in [5.74, 6) is 0.0128. The average Bonchev–Trinajstić information content (AvgIpc) is 2.92. The standard InChI is InChI=1S/C14H23NO3/c16-11-4-2-1-3-10(11)15-13-9-6-5-8(7-9)12(13)14(17)18/h8-13,15-16H,1-7H2,(H,17,18). The van der Waals surface area contributed by atoms with Gasteiger partial charge in [0.15, 0.2) is 0 Å². The molecule has 102 valence electrons. The zero-order chi connectivity index (χ0) is 12.7. The lowest BCUT2D eigenvalue weighted by Crippen LogP contribution is -2.53. The molecule has 0 amide bonds. The Morgan fingerprint density at radius 2 is 1.78 bits per heavy atom. The van der Waals surface area contributed by atoms with Crippen LogP contribution in [0.25, 0.3) is 0 Å². The predicted octanol–water partition coefficient (Wildman–Crippen LogP) is 1.38. The molecule has 4 nitrogen and oxygen atoms in total. The van der Waals surface area contributed by atoms with Crippen LogP contribution in [-0.2, 0) is 4.79 Å². The zero-order valence-electron chi connectivity index (χ0n) is 10.7. The molecule has 3 aliphatic rings. The summed E-state index contributed by atoms with van der Waals surface area (Å²) in [5, 5.41) is 22.9. The third-order valence-corrected chi connectivity index (χ3v) is 5.34. The van der Waals surface area contributed by atoms with Crippen molar-refractivity contribution >= 4 is 5.97 Å². The molecule has 2 bridgehead atoms. The lowest BCUT2D eigenvalue weighted by molar-refractivity contribution is -0.144. The first-order chi connectivity index (χ1) is 8.66. The zero-order valence-corrected chi connectivity index (χ0v) is 10.7. The molecule has 3 aliphatic carbocycles. The van der Waals surface area contributed by atoms with Gasteiger partial charge in [0.2, 0.25) is 0 Å². The van der Waals surface area contributed by atoms with Crippen molar-refractivity contribution in [1.82, 2.24) is 5.32 Å². The van der Waals surface area contributed by atoms with E-state index in [-0.39, 0.29) is 24.1 Å². The number of aliphatic hydroxyl groups is 1. The fraction of sp³-hybridized carbons (Fsp3) is 0.929. The van der Waals surface area contributed by atoms with Crippen molar-refractivity contribution in [2.24, 2.45) is 17.8 Å². The summed E-state index contributed by atoms with van der Waals surface area (Å²) in [4.78, 5) is 11.4. The van der Waals surface area contributed by atoms with Gasteiger partial charge in [-0.15, -0.1) is 0 Å². The van der Waals surface area contributed by atoms with Crippen LogP contribution in [0.4, 0.5) is 0 Å². The Kier molecular flexibility index (Phi) is 3.32. The second-order valence-corrected chi connectivity index (χ2v) is 6.35. The van der Waals surface area contributed by atoms with Crippen molar-refractivity contribution in [1.29, 1.82) is 0 Å². The van der Waals surface area contributed by atoms with Crippen molar-refractivity contribution in [2.45, 2.75) is 63.1 Å². The Morgan fingerprint density at radius 1 is 1.06 bits per heavy atom. The second-order valence-electron chi connectivity index (χ2n) is 6.35. The molecule has 0 aromatic rings. The smallest absolute Gasteiger partial charge is 0.308 e. The van der Waals surface area contributed by atoms with E-state index in [1.54, 1.807) is 0 Å². The molecule has 6 atom stereocenters. The van der Waals surface area contributed by atoms with Crippen molar-refractivity contribution in [2.75, 3.05) is 0 Å². The molecule has 0 spiro atoms. The SMILES string of the molecule is O=C(O)C1C2CCC(C2)C1NC1CCCCC1O. The highest BCUT2D eigenvalue weighted by molar-refractivity contribution is 5.72. The molecule has 3 fully saturated rings. The van der Waals surface area contributed by atoms with Gasteiger partial charge in [-0.1, -0.05) is 12.8 Å². The largest absolute Gasteiger partial charge is 0.481 e. The van der Waals surface area contributed by atoms with Crippen molar-refractivity contribution in [3.05, 3.63) is 0 Å². The van der Waals surface area contributed by atoms with Gasteiger partial charge in [0.1, 0.15) is 0 Å². The van der Waals surface area contributed by atoms with E-state index < -0.39 is 5.97 Å². The molecule has 0 aliphatic heterocycles. The molecular weight excluding hydrogens is 230 g/mol. The Hall–Kier alpha value is -0.610. The minimum atomic E-state index is -0.648. The van der Waals surface area contributed by atoms with Crippen LogP contribution in [0.1, 0.15) is 44.9 Å². The number of carboxylic acids is 1. The van der Waals surface area contributed by atoms with E-state index in [1.807, 2.05) is 0 Å². The van der Waals surface area contributed by atoms with Crippen LogP contribution in [0.2, 0.25) is 0 Å². The number of fused-ring (bicyclic) bond motifs is 2. The van der Waals surface area contributed by atoms with Crippen LogP contribution >= 0.6 is 0 Å². The topological polar surface area (TPSA) is 69.6 Å². The number of rotatable bonds is 3. The predicted molar refractivity (Wildman–Crippen MR) is 67.1 cm³/mol. The molecular formula is C14H23NO3. The molecule has 0 aromatic carbocycles. The summed E-state index contributed by atoms with van der Waals surface area (Å²) in [7, 11) is 0. The van der Waals surface area contributed by atoms with Crippen molar-refractivity contribution in [3.63, 3.8) is 0 Å². The lowest BCUT2D eigenvalue weighted by atomic mass is 9.82. The summed E-state index contributed by atoms with van der Waals surface area (Å²) < 4.78 is 0. The number of aliphatic hydroxyl groups excluding tert-OH is 1. The van der Waals surface area contributed by atoms with Crippen molar-refractivity contribution < 1.29 is 15.0 Å². The Morgan fingerprint density at radius 3 is 2.50 bits per heavy atom. The van der Waals surface area contributed by atoms with Gasteiger partial charge in [0.25, 0.3) is 0 Å². The Labute approximate surface area is 108 Å². The van der Waals surface area contributed by atoms with Crippen LogP contribution in [0.5, 0.6) is 0 Å². The molecule has 0 aromatic heterocycles. The van der Waals surface area contributed by atoms with Gasteiger partial charge >= 0.3 is 5.97 Å². The summed E-state index contributed by atoms with van der Waals surface area (Å²) in [5.41, 5.74) is 0. The molecule has 3 N–H and O–H groups in total. The van der Waals surface area contributed by atoms with E-state index in [4.69, 9.17) is 0 Å². The highest BCUT2D eigenvalue weighted by Crippen LogP contribution is 2.49. The van der Waals surface area contributed by atoms with Crippen LogP contribution in [0.15, 0.2) is 0 Å². The minimum absolute atomic E-state index is 0.0963. The highest BCUT2D eigenvalue weighted by atomic mass is 16.4. The number of aliphatic carboxylic acids is 1. The Balaban J connectivity index is 1.69. The number of carbonyl (C=O) groups is 1.